The van der Waals surface area contributed by atoms with Crippen LogP contribution in [-0.2, 0) is 6.42 Å². The summed E-state index contributed by atoms with van der Waals surface area (Å²) in [5, 5.41) is 6.27. The average molecular weight is 418 g/mol. The van der Waals surface area contributed by atoms with Gasteiger partial charge in [-0.25, -0.2) is 8.78 Å². The van der Waals surface area contributed by atoms with Gasteiger partial charge >= 0.3 is 0 Å². The molecule has 30 heavy (non-hydrogen) atoms. The predicted molar refractivity (Wildman–Crippen MR) is 114 cm³/mol. The number of hydrogen-bond acceptors (Lipinski definition) is 3. The molecule has 2 N–H and O–H groups in total. The van der Waals surface area contributed by atoms with Crippen LogP contribution in [0.3, 0.4) is 0 Å². The van der Waals surface area contributed by atoms with Gasteiger partial charge in [-0.15, -0.1) is 0 Å². The van der Waals surface area contributed by atoms with E-state index >= 15 is 0 Å². The summed E-state index contributed by atoms with van der Waals surface area (Å²) in [5.74, 6) is -0.974. The first kappa shape index (κ1) is 23.1. The molecule has 0 atom stereocenters. The van der Waals surface area contributed by atoms with Gasteiger partial charge in [-0.3, -0.25) is 9.79 Å². The Bertz CT molecular complexity index is 872. The Morgan fingerprint density at radius 1 is 1.10 bits per heavy atom. The van der Waals surface area contributed by atoms with E-state index in [-0.39, 0.29) is 18.3 Å². The average Bonchev–Trinajstić information content (AvgIpc) is 2.73. The second-order valence-corrected chi connectivity index (χ2v) is 6.76. The topological polar surface area (TPSA) is 66.0 Å². The largest absolute Gasteiger partial charge is 0.492 e. The smallest absolute Gasteiger partial charge is 0.253 e. The molecule has 0 radical (unpaired) electrons. The summed E-state index contributed by atoms with van der Waals surface area (Å²) >= 11 is 0. The molecule has 0 unspecified atom stereocenters. The van der Waals surface area contributed by atoms with Crippen molar-refractivity contribution in [1.29, 1.82) is 0 Å². The molecule has 0 heterocycles. The number of aliphatic imine (C=N–C) groups is 1. The van der Waals surface area contributed by atoms with Crippen molar-refractivity contribution >= 4 is 11.9 Å². The molecule has 0 aliphatic carbocycles. The van der Waals surface area contributed by atoms with E-state index < -0.39 is 11.6 Å². The molecule has 0 spiro atoms. The summed E-state index contributed by atoms with van der Waals surface area (Å²) < 4.78 is 31.5. The van der Waals surface area contributed by atoms with Crippen LogP contribution in [0.1, 0.15) is 22.8 Å². The lowest BCUT2D eigenvalue weighted by Crippen LogP contribution is -2.39. The standard InChI is InChI=1S/C22H28F2N4O2/c1-4-25-22(27-12-13-30-18-8-9-19(23)20(24)15-18)26-11-10-16-6-5-7-17(14-16)21(29)28(2)3/h5-9,14-15H,4,10-13H2,1-3H3,(H2,25,26,27). The van der Waals surface area contributed by atoms with Crippen LogP contribution < -0.4 is 15.4 Å². The molecule has 2 rings (SSSR count). The highest BCUT2D eigenvalue weighted by atomic mass is 19.2. The lowest BCUT2D eigenvalue weighted by atomic mass is 10.1. The minimum absolute atomic E-state index is 0.0311. The quantitative estimate of drug-likeness (QED) is 0.373. The summed E-state index contributed by atoms with van der Waals surface area (Å²) in [7, 11) is 3.45. The van der Waals surface area contributed by atoms with Crippen LogP contribution in [0, 0.1) is 11.6 Å². The zero-order valence-electron chi connectivity index (χ0n) is 17.5. The molecule has 0 aliphatic rings. The fourth-order valence-corrected chi connectivity index (χ4v) is 2.66. The van der Waals surface area contributed by atoms with E-state index in [1.165, 1.54) is 6.07 Å². The van der Waals surface area contributed by atoms with E-state index in [2.05, 4.69) is 15.6 Å². The Kier molecular flexibility index (Phi) is 9.05. The van der Waals surface area contributed by atoms with E-state index in [1.807, 2.05) is 25.1 Å². The molecule has 162 valence electrons. The van der Waals surface area contributed by atoms with Crippen LogP contribution in [0.25, 0.3) is 0 Å². The molecule has 2 aromatic carbocycles. The Hall–Kier alpha value is -3.16. The number of amides is 1. The van der Waals surface area contributed by atoms with Gasteiger partial charge in [0.2, 0.25) is 0 Å². The number of ether oxygens (including phenoxy) is 1. The van der Waals surface area contributed by atoms with Gasteiger partial charge in [0.25, 0.3) is 5.91 Å². The first-order valence-corrected chi connectivity index (χ1v) is 9.81. The second-order valence-electron chi connectivity index (χ2n) is 6.76. The maximum atomic E-state index is 13.2. The van der Waals surface area contributed by atoms with Gasteiger partial charge in [-0.2, -0.15) is 0 Å². The lowest BCUT2D eigenvalue weighted by molar-refractivity contribution is 0.0827. The van der Waals surface area contributed by atoms with Crippen LogP contribution in [0.2, 0.25) is 0 Å². The van der Waals surface area contributed by atoms with Gasteiger partial charge in [-0.05, 0) is 43.2 Å². The Balaban J connectivity index is 1.83. The van der Waals surface area contributed by atoms with Crippen molar-refractivity contribution in [2.45, 2.75) is 13.3 Å². The maximum Gasteiger partial charge on any atom is 0.253 e. The molecule has 0 saturated carbocycles. The Morgan fingerprint density at radius 3 is 2.60 bits per heavy atom. The number of hydrogen-bond donors (Lipinski definition) is 2. The van der Waals surface area contributed by atoms with Crippen LogP contribution in [0.5, 0.6) is 5.75 Å². The molecular weight excluding hydrogens is 390 g/mol. The van der Waals surface area contributed by atoms with Crippen molar-refractivity contribution in [3.05, 3.63) is 65.2 Å². The Morgan fingerprint density at radius 2 is 1.90 bits per heavy atom. The third-order valence-corrected chi connectivity index (χ3v) is 4.15. The van der Waals surface area contributed by atoms with Crippen LogP contribution in [0.4, 0.5) is 8.78 Å². The van der Waals surface area contributed by atoms with Crippen molar-refractivity contribution in [3.8, 4) is 5.75 Å². The number of carbonyl (C=O) groups excluding carboxylic acids is 1. The molecular formula is C22H28F2N4O2. The van der Waals surface area contributed by atoms with Gasteiger partial charge in [0, 0.05) is 38.8 Å². The van der Waals surface area contributed by atoms with E-state index in [1.54, 1.807) is 25.1 Å². The predicted octanol–water partition coefficient (Wildman–Crippen LogP) is 2.84. The summed E-state index contributed by atoms with van der Waals surface area (Å²) in [6.45, 7) is 3.91. The monoisotopic (exact) mass is 418 g/mol. The first-order chi connectivity index (χ1) is 14.4. The number of nitrogens with zero attached hydrogens (tertiary/aromatic N) is 2. The number of carbonyl (C=O) groups is 1. The van der Waals surface area contributed by atoms with Crippen molar-refractivity contribution in [2.24, 2.45) is 4.99 Å². The number of guanidine groups is 1. The molecule has 0 saturated heterocycles. The lowest BCUT2D eigenvalue weighted by Gasteiger charge is -2.13. The van der Waals surface area contributed by atoms with Crippen molar-refractivity contribution < 1.29 is 18.3 Å². The molecule has 0 bridgehead atoms. The molecule has 6 nitrogen and oxygen atoms in total. The van der Waals surface area contributed by atoms with E-state index in [0.29, 0.717) is 37.6 Å². The number of rotatable bonds is 9. The summed E-state index contributed by atoms with van der Waals surface area (Å²) in [4.78, 5) is 18.1. The fourth-order valence-electron chi connectivity index (χ4n) is 2.66. The highest BCUT2D eigenvalue weighted by Gasteiger charge is 2.08. The third kappa shape index (κ3) is 7.35. The highest BCUT2D eigenvalue weighted by Crippen LogP contribution is 2.15. The first-order valence-electron chi connectivity index (χ1n) is 9.81. The highest BCUT2D eigenvalue weighted by molar-refractivity contribution is 5.94. The van der Waals surface area contributed by atoms with Crippen LogP contribution >= 0.6 is 0 Å². The normalized spacial score (nSPS) is 11.2. The van der Waals surface area contributed by atoms with Crippen LogP contribution in [-0.4, -0.2) is 57.1 Å². The zero-order chi connectivity index (χ0) is 21.9. The number of benzene rings is 2. The number of nitrogens with one attached hydrogen (secondary N) is 2. The van der Waals surface area contributed by atoms with Crippen molar-refractivity contribution in [3.63, 3.8) is 0 Å². The molecule has 8 heteroatoms. The van der Waals surface area contributed by atoms with Gasteiger partial charge in [0.1, 0.15) is 12.4 Å². The maximum absolute atomic E-state index is 13.2. The third-order valence-electron chi connectivity index (χ3n) is 4.15. The van der Waals surface area contributed by atoms with Gasteiger partial charge < -0.3 is 20.3 Å². The molecule has 0 aromatic heterocycles. The van der Waals surface area contributed by atoms with Gasteiger partial charge in [0.15, 0.2) is 17.6 Å². The molecule has 1 amide bonds. The SMILES string of the molecule is CCNC(=NCCc1cccc(C(=O)N(C)C)c1)NCCOc1ccc(F)c(F)c1. The summed E-state index contributed by atoms with van der Waals surface area (Å²) in [5.41, 5.74) is 1.69. The minimum atomic E-state index is -0.938. The molecule has 2 aromatic rings. The summed E-state index contributed by atoms with van der Waals surface area (Å²) in [6.07, 6.45) is 0.691. The Labute approximate surface area is 175 Å². The van der Waals surface area contributed by atoms with Crippen molar-refractivity contribution in [1.82, 2.24) is 15.5 Å². The van der Waals surface area contributed by atoms with E-state index in [0.717, 1.165) is 17.7 Å². The van der Waals surface area contributed by atoms with Crippen molar-refractivity contribution in [2.75, 3.05) is 40.3 Å². The van der Waals surface area contributed by atoms with E-state index in [9.17, 15) is 13.6 Å². The van der Waals surface area contributed by atoms with E-state index in [4.69, 9.17) is 4.74 Å². The van der Waals surface area contributed by atoms with Gasteiger partial charge in [-0.1, -0.05) is 12.1 Å². The fraction of sp³-hybridized carbons (Fsp3) is 0.364. The summed E-state index contributed by atoms with van der Waals surface area (Å²) in [6, 6.07) is 11.0. The van der Waals surface area contributed by atoms with Crippen LogP contribution in [0.15, 0.2) is 47.5 Å². The zero-order valence-corrected chi connectivity index (χ0v) is 17.5. The molecule has 0 fully saturated rings. The molecule has 0 aliphatic heterocycles. The van der Waals surface area contributed by atoms with Gasteiger partial charge in [0.05, 0.1) is 6.54 Å². The minimum Gasteiger partial charge on any atom is -0.492 e. The number of halogens is 2. The second kappa shape index (κ2) is 11.7.